The highest BCUT2D eigenvalue weighted by Gasteiger charge is 2.11. The molecule has 0 fully saturated rings. The van der Waals surface area contributed by atoms with Crippen molar-refractivity contribution in [3.8, 4) is 0 Å². The number of rotatable bonds is 1. The van der Waals surface area contributed by atoms with E-state index in [1.54, 1.807) is 0 Å². The van der Waals surface area contributed by atoms with Gasteiger partial charge in [0.1, 0.15) is 5.82 Å². The number of carboxylic acids is 1. The Balaban J connectivity index is 3.33. The highest BCUT2D eigenvalue weighted by molar-refractivity contribution is 6.31. The average Bonchev–Trinajstić information content (AvgIpc) is 1.96. The standard InChI is InChI=1S/C7H5ClFNO2/c8-4-2-6(10)3(7(11)12)1-5(4)9/h1-2H,10H2,(H,11,12). The van der Waals surface area contributed by atoms with Gasteiger partial charge in [-0.05, 0) is 12.1 Å². The number of anilines is 1. The predicted molar refractivity (Wildman–Crippen MR) is 42.8 cm³/mol. The van der Waals surface area contributed by atoms with Crippen LogP contribution in [0.3, 0.4) is 0 Å². The van der Waals surface area contributed by atoms with Crippen LogP contribution in [0.2, 0.25) is 5.02 Å². The van der Waals surface area contributed by atoms with Crippen molar-refractivity contribution in [2.45, 2.75) is 0 Å². The fourth-order valence-electron chi connectivity index (χ4n) is 0.747. The van der Waals surface area contributed by atoms with Crippen molar-refractivity contribution < 1.29 is 14.3 Å². The van der Waals surface area contributed by atoms with Gasteiger partial charge in [0.05, 0.1) is 10.6 Å². The van der Waals surface area contributed by atoms with Gasteiger partial charge in [0, 0.05) is 5.69 Å². The summed E-state index contributed by atoms with van der Waals surface area (Å²) in [6, 6.07) is 1.86. The molecule has 0 saturated carbocycles. The van der Waals surface area contributed by atoms with E-state index in [4.69, 9.17) is 22.4 Å². The lowest BCUT2D eigenvalue weighted by Gasteiger charge is -2.01. The normalized spacial score (nSPS) is 9.83. The van der Waals surface area contributed by atoms with Crippen LogP contribution in [-0.2, 0) is 0 Å². The van der Waals surface area contributed by atoms with Gasteiger partial charge in [0.25, 0.3) is 0 Å². The van der Waals surface area contributed by atoms with Crippen LogP contribution in [-0.4, -0.2) is 11.1 Å². The lowest BCUT2D eigenvalue weighted by Crippen LogP contribution is -2.03. The van der Waals surface area contributed by atoms with Crippen LogP contribution < -0.4 is 5.73 Å². The molecule has 64 valence electrons. The molecule has 12 heavy (non-hydrogen) atoms. The number of benzene rings is 1. The van der Waals surface area contributed by atoms with E-state index >= 15 is 0 Å². The van der Waals surface area contributed by atoms with E-state index in [-0.39, 0.29) is 16.3 Å². The maximum absolute atomic E-state index is 12.7. The number of nitrogens with two attached hydrogens (primary N) is 1. The minimum atomic E-state index is -1.27. The van der Waals surface area contributed by atoms with Crippen molar-refractivity contribution in [3.63, 3.8) is 0 Å². The molecular weight excluding hydrogens is 185 g/mol. The monoisotopic (exact) mass is 189 g/mol. The van der Waals surface area contributed by atoms with Gasteiger partial charge in [-0.1, -0.05) is 11.6 Å². The summed E-state index contributed by atoms with van der Waals surface area (Å²) >= 11 is 5.34. The first-order valence-electron chi connectivity index (χ1n) is 3.00. The summed E-state index contributed by atoms with van der Waals surface area (Å²) in [6.07, 6.45) is 0. The molecule has 0 saturated heterocycles. The Hall–Kier alpha value is -1.29. The lowest BCUT2D eigenvalue weighted by molar-refractivity contribution is 0.0697. The number of hydrogen-bond donors (Lipinski definition) is 2. The van der Waals surface area contributed by atoms with Crippen LogP contribution >= 0.6 is 11.6 Å². The van der Waals surface area contributed by atoms with Crippen molar-refractivity contribution in [1.82, 2.24) is 0 Å². The zero-order chi connectivity index (χ0) is 9.30. The molecule has 0 bridgehead atoms. The Morgan fingerprint density at radius 2 is 2.17 bits per heavy atom. The summed E-state index contributed by atoms with van der Waals surface area (Å²) < 4.78 is 12.7. The van der Waals surface area contributed by atoms with E-state index in [1.807, 2.05) is 0 Å². The van der Waals surface area contributed by atoms with E-state index in [0.717, 1.165) is 12.1 Å². The number of carbonyl (C=O) groups is 1. The quantitative estimate of drug-likeness (QED) is 0.662. The molecule has 1 aromatic rings. The third kappa shape index (κ3) is 1.48. The second-order valence-electron chi connectivity index (χ2n) is 2.16. The molecule has 0 aliphatic heterocycles. The van der Waals surface area contributed by atoms with Gasteiger partial charge < -0.3 is 10.8 Å². The molecule has 0 spiro atoms. The largest absolute Gasteiger partial charge is 0.478 e. The Morgan fingerprint density at radius 1 is 1.58 bits per heavy atom. The van der Waals surface area contributed by atoms with E-state index < -0.39 is 11.8 Å². The zero-order valence-corrected chi connectivity index (χ0v) is 6.60. The average molecular weight is 190 g/mol. The second-order valence-corrected chi connectivity index (χ2v) is 2.57. The summed E-state index contributed by atoms with van der Waals surface area (Å²) in [6.45, 7) is 0. The molecule has 0 aliphatic carbocycles. The molecule has 0 radical (unpaired) electrons. The van der Waals surface area contributed by atoms with E-state index in [2.05, 4.69) is 0 Å². The first-order chi connectivity index (χ1) is 5.52. The zero-order valence-electron chi connectivity index (χ0n) is 5.84. The molecule has 0 atom stereocenters. The van der Waals surface area contributed by atoms with E-state index in [1.165, 1.54) is 0 Å². The Morgan fingerprint density at radius 3 is 2.67 bits per heavy atom. The minimum Gasteiger partial charge on any atom is -0.478 e. The fraction of sp³-hybridized carbons (Fsp3) is 0. The molecule has 1 aromatic carbocycles. The highest BCUT2D eigenvalue weighted by atomic mass is 35.5. The summed E-state index contributed by atoms with van der Waals surface area (Å²) in [5.74, 6) is -2.06. The van der Waals surface area contributed by atoms with Crippen LogP contribution in [0.4, 0.5) is 10.1 Å². The Kier molecular flexibility index (Phi) is 2.19. The van der Waals surface area contributed by atoms with Gasteiger partial charge in [-0.25, -0.2) is 9.18 Å². The molecule has 3 N–H and O–H groups in total. The first-order valence-corrected chi connectivity index (χ1v) is 3.38. The number of aromatic carboxylic acids is 1. The smallest absolute Gasteiger partial charge is 0.337 e. The molecule has 5 heteroatoms. The number of hydrogen-bond acceptors (Lipinski definition) is 2. The molecule has 0 aliphatic rings. The molecule has 0 amide bonds. The SMILES string of the molecule is Nc1cc(Cl)c(F)cc1C(=O)O. The molecule has 0 unspecified atom stereocenters. The van der Waals surface area contributed by atoms with Gasteiger partial charge in [0.15, 0.2) is 0 Å². The number of nitrogen functional groups attached to an aromatic ring is 1. The summed E-state index contributed by atoms with van der Waals surface area (Å²) in [5.41, 5.74) is 4.93. The summed E-state index contributed by atoms with van der Waals surface area (Å²) in [7, 11) is 0. The second kappa shape index (κ2) is 2.98. The van der Waals surface area contributed by atoms with Gasteiger partial charge >= 0.3 is 5.97 Å². The van der Waals surface area contributed by atoms with Crippen LogP contribution in [0, 0.1) is 5.82 Å². The topological polar surface area (TPSA) is 63.3 Å². The van der Waals surface area contributed by atoms with Crippen molar-refractivity contribution in [3.05, 3.63) is 28.5 Å². The van der Waals surface area contributed by atoms with Crippen molar-refractivity contribution in [1.29, 1.82) is 0 Å². The third-order valence-corrected chi connectivity index (χ3v) is 1.61. The van der Waals surface area contributed by atoms with Gasteiger partial charge in [-0.15, -0.1) is 0 Å². The minimum absolute atomic E-state index is 0.0473. The highest BCUT2D eigenvalue weighted by Crippen LogP contribution is 2.21. The maximum Gasteiger partial charge on any atom is 0.337 e. The Labute approximate surface area is 72.6 Å². The van der Waals surface area contributed by atoms with Gasteiger partial charge in [-0.2, -0.15) is 0 Å². The molecule has 0 aromatic heterocycles. The molecule has 0 heterocycles. The van der Waals surface area contributed by atoms with Gasteiger partial charge in [0.2, 0.25) is 0 Å². The predicted octanol–water partition coefficient (Wildman–Crippen LogP) is 1.76. The van der Waals surface area contributed by atoms with Crippen LogP contribution in [0.5, 0.6) is 0 Å². The first kappa shape index (κ1) is 8.80. The van der Waals surface area contributed by atoms with E-state index in [9.17, 15) is 9.18 Å². The van der Waals surface area contributed by atoms with Crippen molar-refractivity contribution >= 4 is 23.3 Å². The molecular formula is C7H5ClFNO2. The number of carboxylic acid groups (broad SMARTS) is 1. The van der Waals surface area contributed by atoms with Gasteiger partial charge in [-0.3, -0.25) is 0 Å². The van der Waals surface area contributed by atoms with Crippen LogP contribution in [0.25, 0.3) is 0 Å². The van der Waals surface area contributed by atoms with Crippen molar-refractivity contribution in [2.24, 2.45) is 0 Å². The Bertz CT molecular complexity index is 340. The van der Waals surface area contributed by atoms with Crippen LogP contribution in [0.15, 0.2) is 12.1 Å². The fourth-order valence-corrected chi connectivity index (χ4v) is 0.920. The third-order valence-electron chi connectivity index (χ3n) is 1.32. The molecule has 1 rings (SSSR count). The van der Waals surface area contributed by atoms with Crippen LogP contribution in [0.1, 0.15) is 10.4 Å². The van der Waals surface area contributed by atoms with Crippen molar-refractivity contribution in [2.75, 3.05) is 5.73 Å². The summed E-state index contributed by atoms with van der Waals surface area (Å²) in [5, 5.41) is 8.31. The number of halogens is 2. The summed E-state index contributed by atoms with van der Waals surface area (Å²) in [4.78, 5) is 10.4. The van der Waals surface area contributed by atoms with E-state index in [0.29, 0.717) is 0 Å². The lowest BCUT2D eigenvalue weighted by atomic mass is 10.2. The maximum atomic E-state index is 12.7. The molecule has 3 nitrogen and oxygen atoms in total.